The van der Waals surface area contributed by atoms with E-state index in [4.69, 9.17) is 5.73 Å². The molecule has 6 nitrogen and oxygen atoms in total. The van der Waals surface area contributed by atoms with Crippen molar-refractivity contribution in [3.05, 3.63) is 11.6 Å². The van der Waals surface area contributed by atoms with E-state index in [0.717, 1.165) is 0 Å². The second-order valence-corrected chi connectivity index (χ2v) is 5.84. The lowest BCUT2D eigenvalue weighted by Crippen LogP contribution is -2.27. The second-order valence-electron chi connectivity index (χ2n) is 2.77. The maximum atomic E-state index is 11.2. The Bertz CT molecular complexity index is 413. The van der Waals surface area contributed by atoms with Crippen molar-refractivity contribution in [3.63, 3.8) is 0 Å². The average molecular weight is 249 g/mol. The molecule has 8 heteroatoms. The van der Waals surface area contributed by atoms with Gasteiger partial charge < -0.3 is 11.1 Å². The first-order chi connectivity index (χ1) is 7.03. The van der Waals surface area contributed by atoms with Crippen molar-refractivity contribution < 1.29 is 13.2 Å². The molecule has 0 aliphatic carbocycles. The zero-order chi connectivity index (χ0) is 11.3. The van der Waals surface area contributed by atoms with Crippen molar-refractivity contribution in [2.45, 2.75) is 0 Å². The highest BCUT2D eigenvalue weighted by atomic mass is 32.2. The van der Waals surface area contributed by atoms with Crippen LogP contribution in [0.25, 0.3) is 0 Å². The van der Waals surface area contributed by atoms with Gasteiger partial charge in [-0.25, -0.2) is 13.4 Å². The highest BCUT2D eigenvalue weighted by Gasteiger charge is 2.16. The number of hydrogen-bond acceptors (Lipinski definition) is 6. The van der Waals surface area contributed by atoms with Crippen molar-refractivity contribution in [1.82, 2.24) is 4.98 Å². The van der Waals surface area contributed by atoms with Gasteiger partial charge in [0.15, 0.2) is 15.0 Å². The molecule has 1 heterocycles. The zero-order valence-corrected chi connectivity index (χ0v) is 9.47. The molecule has 0 aliphatic heterocycles. The molecule has 0 atom stereocenters. The molecule has 0 bridgehead atoms. The lowest BCUT2D eigenvalue weighted by Gasteiger charge is -2.02. The highest BCUT2D eigenvalue weighted by molar-refractivity contribution is 7.92. The summed E-state index contributed by atoms with van der Waals surface area (Å²) in [4.78, 5) is 15.0. The predicted octanol–water partition coefficient (Wildman–Crippen LogP) is -0.545. The number of hydrogen-bond donors (Lipinski definition) is 2. The van der Waals surface area contributed by atoms with Crippen LogP contribution in [0.15, 0.2) is 11.6 Å². The second kappa shape index (κ2) is 5.19. The van der Waals surface area contributed by atoms with Gasteiger partial charge in [-0.3, -0.25) is 4.79 Å². The minimum absolute atomic E-state index is 0.0207. The van der Waals surface area contributed by atoms with Crippen LogP contribution < -0.4 is 11.1 Å². The summed E-state index contributed by atoms with van der Waals surface area (Å²) >= 11 is 1.23. The van der Waals surface area contributed by atoms with E-state index in [1.165, 1.54) is 17.5 Å². The van der Waals surface area contributed by atoms with Gasteiger partial charge >= 0.3 is 0 Å². The third kappa shape index (κ3) is 4.36. The largest absolute Gasteiger partial charge is 0.329 e. The normalized spacial score (nSPS) is 11.3. The Morgan fingerprint density at radius 2 is 2.33 bits per heavy atom. The van der Waals surface area contributed by atoms with Crippen LogP contribution >= 0.6 is 11.3 Å². The Balaban J connectivity index is 2.50. The van der Waals surface area contributed by atoms with Gasteiger partial charge in [0, 0.05) is 18.1 Å². The lowest BCUT2D eigenvalue weighted by molar-refractivity contribution is -0.113. The van der Waals surface area contributed by atoms with Crippen molar-refractivity contribution >= 4 is 32.2 Å². The average Bonchev–Trinajstić information content (AvgIpc) is 2.54. The SMILES string of the molecule is NCCS(=O)(=O)CC(=O)Nc1nccs1. The van der Waals surface area contributed by atoms with Gasteiger partial charge in [-0.1, -0.05) is 0 Å². The highest BCUT2D eigenvalue weighted by Crippen LogP contribution is 2.09. The standard InChI is InChI=1S/C7H11N3O3S2/c8-1-4-15(12,13)5-6(11)10-7-9-2-3-14-7/h2-3H,1,4-5,8H2,(H,9,10,11). The van der Waals surface area contributed by atoms with Crippen LogP contribution in [0.4, 0.5) is 5.13 Å². The van der Waals surface area contributed by atoms with Gasteiger partial charge in [0.2, 0.25) is 5.91 Å². The Morgan fingerprint density at radius 3 is 2.87 bits per heavy atom. The molecule has 1 aromatic heterocycles. The number of nitrogens with two attached hydrogens (primary N) is 1. The molecule has 1 aromatic rings. The fourth-order valence-corrected chi connectivity index (χ4v) is 2.41. The van der Waals surface area contributed by atoms with Gasteiger partial charge in [0.1, 0.15) is 5.75 Å². The lowest BCUT2D eigenvalue weighted by atomic mass is 10.7. The number of anilines is 1. The van der Waals surface area contributed by atoms with Crippen molar-refractivity contribution in [2.75, 3.05) is 23.4 Å². The number of rotatable bonds is 5. The van der Waals surface area contributed by atoms with E-state index < -0.39 is 21.5 Å². The summed E-state index contributed by atoms with van der Waals surface area (Å²) in [6.45, 7) is 0.0207. The van der Waals surface area contributed by atoms with E-state index in [-0.39, 0.29) is 12.3 Å². The molecule has 0 aromatic carbocycles. The quantitative estimate of drug-likeness (QED) is 0.729. The third-order valence-corrected chi connectivity index (χ3v) is 3.71. The number of aromatic nitrogens is 1. The summed E-state index contributed by atoms with van der Waals surface area (Å²) in [5.74, 6) is -1.32. The molecule has 84 valence electrons. The molecule has 0 aliphatic rings. The Hall–Kier alpha value is -0.990. The molecule has 0 saturated heterocycles. The van der Waals surface area contributed by atoms with Gasteiger partial charge in [0.05, 0.1) is 5.75 Å². The first-order valence-corrected chi connectivity index (χ1v) is 6.83. The van der Waals surface area contributed by atoms with Crippen LogP contribution in [0.2, 0.25) is 0 Å². The zero-order valence-electron chi connectivity index (χ0n) is 7.84. The molecule has 0 saturated carbocycles. The number of sulfone groups is 1. The number of nitrogens with one attached hydrogen (secondary N) is 1. The number of nitrogens with zero attached hydrogens (tertiary/aromatic N) is 1. The summed E-state index contributed by atoms with van der Waals surface area (Å²) in [7, 11) is -3.39. The maximum Gasteiger partial charge on any atom is 0.241 e. The first kappa shape index (κ1) is 12.1. The minimum atomic E-state index is -3.39. The van der Waals surface area contributed by atoms with E-state index in [1.54, 1.807) is 5.38 Å². The smallest absolute Gasteiger partial charge is 0.241 e. The molecule has 1 rings (SSSR count). The monoisotopic (exact) mass is 249 g/mol. The van der Waals surface area contributed by atoms with Crippen molar-refractivity contribution in [1.29, 1.82) is 0 Å². The molecular weight excluding hydrogens is 238 g/mol. The maximum absolute atomic E-state index is 11.2. The topological polar surface area (TPSA) is 102 Å². The van der Waals surface area contributed by atoms with Gasteiger partial charge in [-0.05, 0) is 0 Å². The summed E-state index contributed by atoms with van der Waals surface area (Å²) < 4.78 is 22.4. The minimum Gasteiger partial charge on any atom is -0.329 e. The number of carbonyl (C=O) groups excluding carboxylic acids is 1. The van der Waals surface area contributed by atoms with Crippen molar-refractivity contribution in [3.8, 4) is 0 Å². The third-order valence-electron chi connectivity index (χ3n) is 1.46. The molecular formula is C7H11N3O3S2. The van der Waals surface area contributed by atoms with Crippen LogP contribution in [-0.4, -0.2) is 37.4 Å². The molecule has 0 radical (unpaired) electrons. The van der Waals surface area contributed by atoms with E-state index in [1.807, 2.05) is 0 Å². The summed E-state index contributed by atoms with van der Waals surface area (Å²) in [5.41, 5.74) is 5.11. The van der Waals surface area contributed by atoms with E-state index in [2.05, 4.69) is 10.3 Å². The summed E-state index contributed by atoms with van der Waals surface area (Å²) in [6, 6.07) is 0. The molecule has 3 N–H and O–H groups in total. The van der Waals surface area contributed by atoms with Crippen LogP contribution in [0.5, 0.6) is 0 Å². The number of amides is 1. The first-order valence-electron chi connectivity index (χ1n) is 4.13. The fraction of sp³-hybridized carbons (Fsp3) is 0.429. The number of thiazole rings is 1. The van der Waals surface area contributed by atoms with E-state index >= 15 is 0 Å². The fourth-order valence-electron chi connectivity index (χ4n) is 0.892. The molecule has 1 amide bonds. The number of carbonyl (C=O) groups is 1. The Labute approximate surface area is 91.4 Å². The van der Waals surface area contributed by atoms with Crippen LogP contribution in [0.3, 0.4) is 0 Å². The molecule has 0 fully saturated rings. The van der Waals surface area contributed by atoms with Crippen LogP contribution in [-0.2, 0) is 14.6 Å². The van der Waals surface area contributed by atoms with Crippen LogP contribution in [0.1, 0.15) is 0 Å². The predicted molar refractivity (Wildman–Crippen MR) is 58.5 cm³/mol. The van der Waals surface area contributed by atoms with Crippen LogP contribution in [0, 0.1) is 0 Å². The Morgan fingerprint density at radius 1 is 1.60 bits per heavy atom. The Kier molecular flexibility index (Phi) is 4.18. The van der Waals surface area contributed by atoms with E-state index in [0.29, 0.717) is 5.13 Å². The molecule has 0 spiro atoms. The van der Waals surface area contributed by atoms with E-state index in [9.17, 15) is 13.2 Å². The van der Waals surface area contributed by atoms with Gasteiger partial charge in [-0.15, -0.1) is 11.3 Å². The van der Waals surface area contributed by atoms with Gasteiger partial charge in [-0.2, -0.15) is 0 Å². The molecule has 0 unspecified atom stereocenters. The molecule has 15 heavy (non-hydrogen) atoms. The summed E-state index contributed by atoms with van der Waals surface area (Å²) in [6.07, 6.45) is 1.52. The summed E-state index contributed by atoms with van der Waals surface area (Å²) in [5, 5.41) is 4.46. The van der Waals surface area contributed by atoms with Crippen molar-refractivity contribution in [2.24, 2.45) is 5.73 Å². The van der Waals surface area contributed by atoms with Gasteiger partial charge in [0.25, 0.3) is 0 Å².